The molecule has 0 aliphatic heterocycles. The van der Waals surface area contributed by atoms with Gasteiger partial charge in [0.1, 0.15) is 12.4 Å². The van der Waals surface area contributed by atoms with E-state index < -0.39 is 11.4 Å². The molecular formula is C19H13ClFN3O2. The molecule has 0 aliphatic carbocycles. The Morgan fingerprint density at radius 2 is 2.00 bits per heavy atom. The lowest BCUT2D eigenvalue weighted by molar-refractivity contribution is 0.297. The van der Waals surface area contributed by atoms with E-state index in [1.807, 2.05) is 36.4 Å². The molecule has 0 N–H and O–H groups in total. The Morgan fingerprint density at radius 1 is 1.23 bits per heavy atom. The van der Waals surface area contributed by atoms with E-state index in [2.05, 4.69) is 4.98 Å². The van der Waals surface area contributed by atoms with Crippen molar-refractivity contribution in [2.24, 2.45) is 0 Å². The lowest BCUT2D eigenvalue weighted by Crippen LogP contribution is -2.24. The van der Waals surface area contributed by atoms with Crippen molar-refractivity contribution in [2.45, 2.75) is 13.2 Å². The Morgan fingerprint density at radius 3 is 2.73 bits per heavy atom. The maximum atomic E-state index is 13.5. The van der Waals surface area contributed by atoms with Gasteiger partial charge in [-0.15, -0.1) is 0 Å². The van der Waals surface area contributed by atoms with Crippen molar-refractivity contribution >= 4 is 11.6 Å². The van der Waals surface area contributed by atoms with Crippen LogP contribution in [0.25, 0.3) is 0 Å². The van der Waals surface area contributed by atoms with Crippen molar-refractivity contribution in [1.82, 2.24) is 9.55 Å². The second-order valence-corrected chi connectivity index (χ2v) is 5.81. The van der Waals surface area contributed by atoms with Crippen LogP contribution in [-0.4, -0.2) is 9.55 Å². The standard InChI is InChI=1S/C19H13ClFN3O2/c20-19-23-10-17(26-12-13-4-2-1-3-5-13)18(25)24(19)11-15-8-16(21)7-6-14(15)9-22/h1-8,10H,11-12H2. The molecule has 130 valence electrons. The van der Waals surface area contributed by atoms with Gasteiger partial charge in [0.25, 0.3) is 5.56 Å². The fourth-order valence-electron chi connectivity index (χ4n) is 2.40. The zero-order chi connectivity index (χ0) is 18.5. The minimum Gasteiger partial charge on any atom is -0.482 e. The fraction of sp³-hybridized carbons (Fsp3) is 0.105. The van der Waals surface area contributed by atoms with Crippen LogP contribution in [-0.2, 0) is 13.2 Å². The summed E-state index contributed by atoms with van der Waals surface area (Å²) in [7, 11) is 0. The summed E-state index contributed by atoms with van der Waals surface area (Å²) in [6.07, 6.45) is 1.25. The molecule has 0 radical (unpaired) electrons. The fourth-order valence-corrected chi connectivity index (χ4v) is 2.58. The van der Waals surface area contributed by atoms with Crippen molar-refractivity contribution < 1.29 is 9.13 Å². The summed E-state index contributed by atoms with van der Waals surface area (Å²) < 4.78 is 20.2. The predicted octanol–water partition coefficient (Wildman–Crippen LogP) is 3.53. The maximum Gasteiger partial charge on any atom is 0.297 e. The first-order valence-corrected chi connectivity index (χ1v) is 8.07. The first-order chi connectivity index (χ1) is 12.6. The zero-order valence-electron chi connectivity index (χ0n) is 13.5. The molecular weight excluding hydrogens is 357 g/mol. The lowest BCUT2D eigenvalue weighted by atomic mass is 10.1. The van der Waals surface area contributed by atoms with E-state index in [9.17, 15) is 9.18 Å². The van der Waals surface area contributed by atoms with E-state index in [1.54, 1.807) is 0 Å². The molecule has 0 spiro atoms. The van der Waals surface area contributed by atoms with Gasteiger partial charge in [0, 0.05) is 0 Å². The molecule has 0 amide bonds. The average molecular weight is 370 g/mol. The van der Waals surface area contributed by atoms with Gasteiger partial charge in [0.05, 0.1) is 24.4 Å². The van der Waals surface area contributed by atoms with Crippen molar-refractivity contribution in [2.75, 3.05) is 0 Å². The minimum atomic E-state index is -0.507. The van der Waals surface area contributed by atoms with Crippen LogP contribution >= 0.6 is 11.6 Å². The Bertz CT molecular complexity index is 1030. The van der Waals surface area contributed by atoms with Gasteiger partial charge in [0.2, 0.25) is 11.0 Å². The highest BCUT2D eigenvalue weighted by Gasteiger charge is 2.13. The normalized spacial score (nSPS) is 10.3. The van der Waals surface area contributed by atoms with Gasteiger partial charge in [-0.25, -0.2) is 9.37 Å². The van der Waals surface area contributed by atoms with Crippen molar-refractivity contribution in [1.29, 1.82) is 5.26 Å². The van der Waals surface area contributed by atoms with Gasteiger partial charge in [-0.2, -0.15) is 5.26 Å². The number of nitrogens with zero attached hydrogens (tertiary/aromatic N) is 3. The van der Waals surface area contributed by atoms with Gasteiger partial charge in [0.15, 0.2) is 0 Å². The molecule has 5 nitrogen and oxygen atoms in total. The summed E-state index contributed by atoms with van der Waals surface area (Å²) in [5, 5.41) is 9.08. The molecule has 3 aromatic rings. The van der Waals surface area contributed by atoms with Crippen LogP contribution in [0.15, 0.2) is 59.5 Å². The number of hydrogen-bond donors (Lipinski definition) is 0. The molecule has 0 fully saturated rings. The largest absolute Gasteiger partial charge is 0.482 e. The van der Waals surface area contributed by atoms with Gasteiger partial charge in [-0.3, -0.25) is 9.36 Å². The molecule has 0 atom stereocenters. The Kier molecular flexibility index (Phi) is 5.30. The van der Waals surface area contributed by atoms with E-state index in [4.69, 9.17) is 21.6 Å². The summed E-state index contributed by atoms with van der Waals surface area (Å²) in [5.74, 6) is -0.485. The molecule has 0 aliphatic rings. The number of ether oxygens (including phenoxy) is 1. The summed E-state index contributed by atoms with van der Waals surface area (Å²) in [5.41, 5.74) is 0.975. The summed E-state index contributed by atoms with van der Waals surface area (Å²) in [6.45, 7) is 0.108. The molecule has 1 heterocycles. The van der Waals surface area contributed by atoms with E-state index >= 15 is 0 Å². The zero-order valence-corrected chi connectivity index (χ0v) is 14.3. The smallest absolute Gasteiger partial charge is 0.297 e. The molecule has 0 saturated carbocycles. The number of hydrogen-bond acceptors (Lipinski definition) is 4. The quantitative estimate of drug-likeness (QED) is 0.645. The SMILES string of the molecule is N#Cc1ccc(F)cc1Cn1c(Cl)ncc(OCc2ccccc2)c1=O. The van der Waals surface area contributed by atoms with Crippen LogP contribution in [0.2, 0.25) is 5.28 Å². The average Bonchev–Trinajstić information content (AvgIpc) is 2.65. The van der Waals surface area contributed by atoms with Crippen LogP contribution in [0.5, 0.6) is 5.75 Å². The van der Waals surface area contributed by atoms with Gasteiger partial charge in [-0.05, 0) is 40.9 Å². The third-order valence-corrected chi connectivity index (χ3v) is 4.02. The number of nitriles is 1. The van der Waals surface area contributed by atoms with Gasteiger partial charge in [-0.1, -0.05) is 30.3 Å². The van der Waals surface area contributed by atoms with Gasteiger partial charge >= 0.3 is 0 Å². The molecule has 26 heavy (non-hydrogen) atoms. The van der Waals surface area contributed by atoms with Crippen LogP contribution in [0.4, 0.5) is 4.39 Å². The number of aromatic nitrogens is 2. The molecule has 0 bridgehead atoms. The van der Waals surface area contributed by atoms with Crippen LogP contribution in [0.1, 0.15) is 16.7 Å². The first kappa shape index (κ1) is 17.6. The van der Waals surface area contributed by atoms with Gasteiger partial charge < -0.3 is 4.74 Å². The lowest BCUT2D eigenvalue weighted by Gasteiger charge is -2.12. The highest BCUT2D eigenvalue weighted by molar-refractivity contribution is 6.28. The third kappa shape index (κ3) is 3.90. The molecule has 0 saturated heterocycles. The summed E-state index contributed by atoms with van der Waals surface area (Å²) in [4.78, 5) is 16.6. The highest BCUT2D eigenvalue weighted by Crippen LogP contribution is 2.15. The third-order valence-electron chi connectivity index (χ3n) is 3.72. The van der Waals surface area contributed by atoms with E-state index in [1.165, 1.54) is 24.4 Å². The molecule has 0 unspecified atom stereocenters. The topological polar surface area (TPSA) is 67.9 Å². The Hall–Kier alpha value is -3.17. The highest BCUT2D eigenvalue weighted by atomic mass is 35.5. The molecule has 7 heteroatoms. The van der Waals surface area contributed by atoms with E-state index in [0.29, 0.717) is 5.56 Å². The van der Waals surface area contributed by atoms with E-state index in [0.717, 1.165) is 10.1 Å². The maximum absolute atomic E-state index is 13.5. The second kappa shape index (κ2) is 7.81. The molecule has 1 aromatic heterocycles. The van der Waals surface area contributed by atoms with Crippen molar-refractivity contribution in [3.63, 3.8) is 0 Å². The summed E-state index contributed by atoms with van der Waals surface area (Å²) >= 11 is 6.02. The van der Waals surface area contributed by atoms with E-state index in [-0.39, 0.29) is 29.7 Å². The Labute approximate surface area is 153 Å². The van der Waals surface area contributed by atoms with Crippen molar-refractivity contribution in [3.8, 4) is 11.8 Å². The van der Waals surface area contributed by atoms with Crippen LogP contribution in [0, 0.1) is 17.1 Å². The number of benzene rings is 2. The Balaban J connectivity index is 1.90. The van der Waals surface area contributed by atoms with Crippen LogP contribution < -0.4 is 10.3 Å². The minimum absolute atomic E-state index is 0.0214. The van der Waals surface area contributed by atoms with Crippen molar-refractivity contribution in [3.05, 3.63) is 92.9 Å². The monoisotopic (exact) mass is 369 g/mol. The number of halogens is 2. The molecule has 3 rings (SSSR count). The number of rotatable bonds is 5. The van der Waals surface area contributed by atoms with Crippen LogP contribution in [0.3, 0.4) is 0 Å². The summed E-state index contributed by atoms with van der Waals surface area (Å²) in [6, 6.07) is 15.0. The second-order valence-electron chi connectivity index (χ2n) is 5.47. The molecule has 2 aromatic carbocycles. The predicted molar refractivity (Wildman–Crippen MR) is 94.5 cm³/mol. The first-order valence-electron chi connectivity index (χ1n) is 7.69.